The zero-order valence-electron chi connectivity index (χ0n) is 15.1. The molecular weight excluding hydrogens is 286 g/mol. The standard InChI is InChI=1S/C20H37NO2/c1-2-3-4-5-6-7-8-9-10-11-12-13-14-15-16-17-20(23)21-18-19-22/h6-7,9-10,22H,2-5,8,11-19H2,1H3,(H,21,23)/b7-6+,10-9-. The maximum Gasteiger partial charge on any atom is 0.220 e. The van der Waals surface area contributed by atoms with Crippen LogP contribution in [0.2, 0.25) is 0 Å². The van der Waals surface area contributed by atoms with Gasteiger partial charge in [-0.2, -0.15) is 0 Å². The fraction of sp³-hybridized carbons (Fsp3) is 0.750. The van der Waals surface area contributed by atoms with Crippen molar-refractivity contribution in [2.75, 3.05) is 13.2 Å². The number of allylic oxidation sites excluding steroid dienone is 4. The summed E-state index contributed by atoms with van der Waals surface area (Å²) in [6.07, 6.45) is 22.9. The SMILES string of the molecule is CCCCC/C=C/C/C=C\CCCCCCCC(=O)NCCO. The average Bonchev–Trinajstić information content (AvgIpc) is 2.56. The first kappa shape index (κ1) is 21.9. The summed E-state index contributed by atoms with van der Waals surface area (Å²) in [6, 6.07) is 0. The number of aliphatic hydroxyl groups excluding tert-OH is 1. The summed E-state index contributed by atoms with van der Waals surface area (Å²) in [7, 11) is 0. The molecule has 0 fully saturated rings. The van der Waals surface area contributed by atoms with E-state index in [-0.39, 0.29) is 12.5 Å². The van der Waals surface area contributed by atoms with Gasteiger partial charge < -0.3 is 10.4 Å². The van der Waals surface area contributed by atoms with Crippen LogP contribution in [0.5, 0.6) is 0 Å². The number of carbonyl (C=O) groups excluding carboxylic acids is 1. The Morgan fingerprint density at radius 2 is 1.48 bits per heavy atom. The molecule has 134 valence electrons. The molecule has 0 aliphatic heterocycles. The van der Waals surface area contributed by atoms with Crippen molar-refractivity contribution in [2.24, 2.45) is 0 Å². The van der Waals surface area contributed by atoms with Gasteiger partial charge in [0.05, 0.1) is 6.61 Å². The second kappa shape index (κ2) is 19.0. The largest absolute Gasteiger partial charge is 0.395 e. The van der Waals surface area contributed by atoms with Gasteiger partial charge in [-0.25, -0.2) is 0 Å². The molecule has 1 amide bonds. The van der Waals surface area contributed by atoms with Crippen molar-refractivity contribution in [3.8, 4) is 0 Å². The van der Waals surface area contributed by atoms with E-state index in [1.165, 1.54) is 51.4 Å². The molecule has 0 radical (unpaired) electrons. The van der Waals surface area contributed by atoms with Crippen LogP contribution < -0.4 is 5.32 Å². The molecule has 0 saturated carbocycles. The molecule has 0 saturated heterocycles. The van der Waals surface area contributed by atoms with Crippen molar-refractivity contribution in [3.05, 3.63) is 24.3 Å². The number of hydrogen-bond acceptors (Lipinski definition) is 2. The topological polar surface area (TPSA) is 49.3 Å². The fourth-order valence-corrected chi connectivity index (χ4v) is 2.38. The molecule has 0 aliphatic carbocycles. The molecule has 3 nitrogen and oxygen atoms in total. The van der Waals surface area contributed by atoms with Gasteiger partial charge in [-0.15, -0.1) is 0 Å². The zero-order chi connectivity index (χ0) is 17.0. The second-order valence-electron chi connectivity index (χ2n) is 6.05. The molecule has 0 bridgehead atoms. The van der Waals surface area contributed by atoms with Crippen LogP contribution in [0.1, 0.15) is 84.0 Å². The highest BCUT2D eigenvalue weighted by atomic mass is 16.3. The second-order valence-corrected chi connectivity index (χ2v) is 6.05. The summed E-state index contributed by atoms with van der Waals surface area (Å²) >= 11 is 0. The van der Waals surface area contributed by atoms with Crippen LogP contribution in [0.25, 0.3) is 0 Å². The van der Waals surface area contributed by atoms with Crippen molar-refractivity contribution in [1.29, 1.82) is 0 Å². The molecule has 0 rings (SSSR count). The number of unbranched alkanes of at least 4 members (excludes halogenated alkanes) is 8. The summed E-state index contributed by atoms with van der Waals surface area (Å²) < 4.78 is 0. The van der Waals surface area contributed by atoms with E-state index in [0.29, 0.717) is 13.0 Å². The maximum atomic E-state index is 11.3. The first-order valence-corrected chi connectivity index (χ1v) is 9.48. The maximum absolute atomic E-state index is 11.3. The number of nitrogens with one attached hydrogen (secondary N) is 1. The Balaban J connectivity index is 3.23. The quantitative estimate of drug-likeness (QED) is 0.313. The summed E-state index contributed by atoms with van der Waals surface area (Å²) in [6.45, 7) is 2.63. The van der Waals surface area contributed by atoms with Crippen molar-refractivity contribution in [1.82, 2.24) is 5.32 Å². The lowest BCUT2D eigenvalue weighted by Crippen LogP contribution is -2.25. The molecule has 0 unspecified atom stereocenters. The smallest absolute Gasteiger partial charge is 0.220 e. The molecule has 23 heavy (non-hydrogen) atoms. The van der Waals surface area contributed by atoms with Gasteiger partial charge in [-0.3, -0.25) is 4.79 Å². The minimum absolute atomic E-state index is 0.0217. The lowest BCUT2D eigenvalue weighted by atomic mass is 10.1. The lowest BCUT2D eigenvalue weighted by molar-refractivity contribution is -0.121. The molecule has 0 aliphatic rings. The Morgan fingerprint density at radius 1 is 0.870 bits per heavy atom. The number of aliphatic hydroxyl groups is 1. The highest BCUT2D eigenvalue weighted by Gasteiger charge is 1.99. The summed E-state index contributed by atoms with van der Waals surface area (Å²) in [5.41, 5.74) is 0. The van der Waals surface area contributed by atoms with Crippen LogP contribution in [0.4, 0.5) is 0 Å². The summed E-state index contributed by atoms with van der Waals surface area (Å²) in [5.74, 6) is 0.0599. The van der Waals surface area contributed by atoms with E-state index in [1.54, 1.807) is 0 Å². The predicted molar refractivity (Wildman–Crippen MR) is 99.5 cm³/mol. The van der Waals surface area contributed by atoms with Crippen LogP contribution in [0.3, 0.4) is 0 Å². The Hall–Kier alpha value is -1.09. The molecule has 2 N–H and O–H groups in total. The summed E-state index contributed by atoms with van der Waals surface area (Å²) in [5, 5.41) is 11.3. The molecule has 3 heteroatoms. The van der Waals surface area contributed by atoms with Gasteiger partial charge in [0.15, 0.2) is 0 Å². The molecule has 0 atom stereocenters. The number of amides is 1. The van der Waals surface area contributed by atoms with Gasteiger partial charge in [0.1, 0.15) is 0 Å². The van der Waals surface area contributed by atoms with Gasteiger partial charge in [-0.05, 0) is 38.5 Å². The minimum Gasteiger partial charge on any atom is -0.395 e. The van der Waals surface area contributed by atoms with E-state index in [4.69, 9.17) is 5.11 Å². The van der Waals surface area contributed by atoms with Crippen LogP contribution in [-0.4, -0.2) is 24.2 Å². The van der Waals surface area contributed by atoms with E-state index in [9.17, 15) is 4.79 Å². The highest BCUT2D eigenvalue weighted by molar-refractivity contribution is 5.75. The highest BCUT2D eigenvalue weighted by Crippen LogP contribution is 2.08. The third kappa shape index (κ3) is 18.9. The van der Waals surface area contributed by atoms with Crippen LogP contribution in [-0.2, 0) is 4.79 Å². The van der Waals surface area contributed by atoms with Gasteiger partial charge >= 0.3 is 0 Å². The number of carbonyl (C=O) groups is 1. The normalized spacial score (nSPS) is 11.6. The molecule has 0 spiro atoms. The monoisotopic (exact) mass is 323 g/mol. The van der Waals surface area contributed by atoms with E-state index in [0.717, 1.165) is 19.3 Å². The zero-order valence-corrected chi connectivity index (χ0v) is 15.1. The number of rotatable bonds is 16. The van der Waals surface area contributed by atoms with Crippen molar-refractivity contribution in [3.63, 3.8) is 0 Å². The minimum atomic E-state index is 0.0217. The van der Waals surface area contributed by atoms with Crippen molar-refractivity contribution >= 4 is 5.91 Å². The van der Waals surface area contributed by atoms with Crippen molar-refractivity contribution < 1.29 is 9.90 Å². The Labute approximate surface area is 143 Å². The van der Waals surface area contributed by atoms with E-state index < -0.39 is 0 Å². The van der Waals surface area contributed by atoms with Gasteiger partial charge in [0, 0.05) is 13.0 Å². The fourth-order valence-electron chi connectivity index (χ4n) is 2.38. The molecule has 0 aromatic rings. The lowest BCUT2D eigenvalue weighted by Gasteiger charge is -2.03. The predicted octanol–water partition coefficient (Wildman–Crippen LogP) is 4.91. The third-order valence-electron chi connectivity index (χ3n) is 3.79. The van der Waals surface area contributed by atoms with E-state index in [2.05, 4.69) is 36.5 Å². The van der Waals surface area contributed by atoms with Crippen LogP contribution in [0, 0.1) is 0 Å². The molecular formula is C20H37NO2. The Kier molecular flexibility index (Phi) is 18.1. The van der Waals surface area contributed by atoms with E-state index >= 15 is 0 Å². The average molecular weight is 324 g/mol. The van der Waals surface area contributed by atoms with Crippen LogP contribution >= 0.6 is 0 Å². The van der Waals surface area contributed by atoms with Gasteiger partial charge in [-0.1, -0.05) is 63.3 Å². The van der Waals surface area contributed by atoms with Gasteiger partial charge in [0.2, 0.25) is 5.91 Å². The van der Waals surface area contributed by atoms with Crippen molar-refractivity contribution in [2.45, 2.75) is 84.0 Å². The molecule has 0 aromatic carbocycles. The van der Waals surface area contributed by atoms with Crippen LogP contribution in [0.15, 0.2) is 24.3 Å². The first-order valence-electron chi connectivity index (χ1n) is 9.48. The third-order valence-corrected chi connectivity index (χ3v) is 3.79. The Morgan fingerprint density at radius 3 is 2.13 bits per heavy atom. The summed E-state index contributed by atoms with van der Waals surface area (Å²) in [4.78, 5) is 11.3. The first-order chi connectivity index (χ1) is 11.3. The number of hydrogen-bond donors (Lipinski definition) is 2. The van der Waals surface area contributed by atoms with E-state index in [1.807, 2.05) is 0 Å². The molecule has 0 aromatic heterocycles. The van der Waals surface area contributed by atoms with Gasteiger partial charge in [0.25, 0.3) is 0 Å². The Bertz CT molecular complexity index is 311. The molecule has 0 heterocycles.